The number of anilines is 1. The summed E-state index contributed by atoms with van der Waals surface area (Å²) in [5.74, 6) is 0. The van der Waals surface area contributed by atoms with Gasteiger partial charge in [-0.25, -0.2) is 0 Å². The van der Waals surface area contributed by atoms with Crippen molar-refractivity contribution in [1.82, 2.24) is 0 Å². The third-order valence-electron chi connectivity index (χ3n) is 2.93. The van der Waals surface area contributed by atoms with Gasteiger partial charge in [-0.05, 0) is 24.6 Å². The number of hydrogen-bond donors (Lipinski definition) is 2. The van der Waals surface area contributed by atoms with Crippen LogP contribution in [-0.2, 0) is 6.61 Å². The van der Waals surface area contributed by atoms with Crippen molar-refractivity contribution in [2.45, 2.75) is 19.6 Å². The Bertz CT molecular complexity index is 527. The van der Waals surface area contributed by atoms with Crippen molar-refractivity contribution in [2.75, 3.05) is 5.32 Å². The van der Waals surface area contributed by atoms with Crippen molar-refractivity contribution in [2.24, 2.45) is 0 Å². The fraction of sp³-hybridized carbons (Fsp3) is 0.200. The second kappa shape index (κ2) is 6.03. The maximum atomic E-state index is 9.31. The van der Waals surface area contributed by atoms with Gasteiger partial charge in [-0.1, -0.05) is 52.3 Å². The SMILES string of the molecule is CC(Nc1ccccc1CO)c1ccccc1Br. The number of hydrogen-bond acceptors (Lipinski definition) is 2. The lowest BCUT2D eigenvalue weighted by molar-refractivity contribution is 0.282. The van der Waals surface area contributed by atoms with Crippen LogP contribution >= 0.6 is 15.9 Å². The first-order valence-electron chi connectivity index (χ1n) is 5.92. The number of benzene rings is 2. The molecule has 2 aromatic carbocycles. The standard InChI is InChI=1S/C15H16BrNO/c1-11(13-7-3-4-8-14(13)16)17-15-9-5-2-6-12(15)10-18/h2-9,11,17-18H,10H2,1H3. The van der Waals surface area contributed by atoms with Crippen molar-refractivity contribution in [3.8, 4) is 0 Å². The molecule has 2 aromatic rings. The number of aliphatic hydroxyl groups excluding tert-OH is 1. The van der Waals surface area contributed by atoms with Crippen LogP contribution in [0.25, 0.3) is 0 Å². The molecule has 0 amide bonds. The third-order valence-corrected chi connectivity index (χ3v) is 3.65. The van der Waals surface area contributed by atoms with E-state index in [1.807, 2.05) is 42.5 Å². The molecule has 1 unspecified atom stereocenters. The van der Waals surface area contributed by atoms with Gasteiger partial charge in [0.1, 0.15) is 0 Å². The summed E-state index contributed by atoms with van der Waals surface area (Å²) in [7, 11) is 0. The Hall–Kier alpha value is -1.32. The molecule has 0 saturated carbocycles. The Kier molecular flexibility index (Phi) is 4.39. The van der Waals surface area contributed by atoms with Crippen LogP contribution in [0.2, 0.25) is 0 Å². The van der Waals surface area contributed by atoms with Gasteiger partial charge in [0.15, 0.2) is 0 Å². The Balaban J connectivity index is 2.21. The van der Waals surface area contributed by atoms with Gasteiger partial charge in [0, 0.05) is 21.8 Å². The zero-order valence-electron chi connectivity index (χ0n) is 10.2. The first-order chi connectivity index (χ1) is 8.72. The molecule has 0 aliphatic carbocycles. The van der Waals surface area contributed by atoms with Crippen LogP contribution in [0, 0.1) is 0 Å². The molecule has 2 N–H and O–H groups in total. The zero-order chi connectivity index (χ0) is 13.0. The van der Waals surface area contributed by atoms with E-state index in [0.717, 1.165) is 15.7 Å². The van der Waals surface area contributed by atoms with Crippen molar-refractivity contribution in [3.63, 3.8) is 0 Å². The van der Waals surface area contributed by atoms with E-state index in [9.17, 15) is 5.11 Å². The monoisotopic (exact) mass is 305 g/mol. The summed E-state index contributed by atoms with van der Waals surface area (Å²) in [6, 6.07) is 16.1. The van der Waals surface area contributed by atoms with E-state index in [1.54, 1.807) is 0 Å². The molecule has 0 saturated heterocycles. The number of nitrogens with one attached hydrogen (secondary N) is 1. The Labute approximate surface area is 116 Å². The first-order valence-corrected chi connectivity index (χ1v) is 6.71. The van der Waals surface area contributed by atoms with Crippen LogP contribution in [0.1, 0.15) is 24.1 Å². The molecule has 0 radical (unpaired) electrons. The minimum atomic E-state index is 0.0475. The highest BCUT2D eigenvalue weighted by molar-refractivity contribution is 9.10. The summed E-state index contributed by atoms with van der Waals surface area (Å²) in [6.45, 7) is 2.15. The molecule has 0 aromatic heterocycles. The Morgan fingerprint density at radius 2 is 1.78 bits per heavy atom. The largest absolute Gasteiger partial charge is 0.392 e. The smallest absolute Gasteiger partial charge is 0.0701 e. The predicted molar refractivity (Wildman–Crippen MR) is 78.5 cm³/mol. The summed E-state index contributed by atoms with van der Waals surface area (Å²) >= 11 is 3.56. The highest BCUT2D eigenvalue weighted by atomic mass is 79.9. The molecule has 18 heavy (non-hydrogen) atoms. The minimum Gasteiger partial charge on any atom is -0.392 e. The molecule has 2 rings (SSSR count). The Morgan fingerprint density at radius 3 is 2.50 bits per heavy atom. The molecular formula is C15H16BrNO. The second-order valence-electron chi connectivity index (χ2n) is 4.20. The average Bonchev–Trinajstić information content (AvgIpc) is 2.39. The maximum Gasteiger partial charge on any atom is 0.0701 e. The molecule has 2 nitrogen and oxygen atoms in total. The van der Waals surface area contributed by atoms with Crippen molar-refractivity contribution in [3.05, 3.63) is 64.1 Å². The van der Waals surface area contributed by atoms with Crippen LogP contribution < -0.4 is 5.32 Å². The zero-order valence-corrected chi connectivity index (χ0v) is 11.8. The number of halogens is 1. The minimum absolute atomic E-state index is 0.0475. The summed E-state index contributed by atoms with van der Waals surface area (Å²) in [5.41, 5.74) is 3.09. The van der Waals surface area contributed by atoms with E-state index in [-0.39, 0.29) is 12.6 Å². The lowest BCUT2D eigenvalue weighted by atomic mass is 10.1. The van der Waals surface area contributed by atoms with E-state index in [0.29, 0.717) is 0 Å². The topological polar surface area (TPSA) is 32.3 Å². The summed E-state index contributed by atoms with van der Waals surface area (Å²) in [4.78, 5) is 0. The van der Waals surface area contributed by atoms with Crippen LogP contribution in [0.15, 0.2) is 53.0 Å². The van der Waals surface area contributed by atoms with Crippen LogP contribution in [0.3, 0.4) is 0 Å². The summed E-state index contributed by atoms with van der Waals surface area (Å²) in [5, 5.41) is 12.7. The lowest BCUT2D eigenvalue weighted by Gasteiger charge is -2.19. The molecule has 1 atom stereocenters. The summed E-state index contributed by atoms with van der Waals surface area (Å²) in [6.07, 6.45) is 0. The number of para-hydroxylation sites is 1. The van der Waals surface area contributed by atoms with Gasteiger partial charge in [-0.2, -0.15) is 0 Å². The second-order valence-corrected chi connectivity index (χ2v) is 5.06. The van der Waals surface area contributed by atoms with E-state index < -0.39 is 0 Å². The molecule has 0 heterocycles. The van der Waals surface area contributed by atoms with Crippen LogP contribution in [-0.4, -0.2) is 5.11 Å². The van der Waals surface area contributed by atoms with Gasteiger partial charge in [0.2, 0.25) is 0 Å². The molecule has 0 spiro atoms. The fourth-order valence-corrected chi connectivity index (χ4v) is 2.56. The normalized spacial score (nSPS) is 12.2. The van der Waals surface area contributed by atoms with Gasteiger partial charge in [-0.3, -0.25) is 0 Å². The lowest BCUT2D eigenvalue weighted by Crippen LogP contribution is -2.09. The molecule has 0 aliphatic rings. The summed E-state index contributed by atoms with van der Waals surface area (Å²) < 4.78 is 1.09. The maximum absolute atomic E-state index is 9.31. The Morgan fingerprint density at radius 1 is 1.11 bits per heavy atom. The van der Waals surface area contributed by atoms with Crippen molar-refractivity contribution < 1.29 is 5.11 Å². The van der Waals surface area contributed by atoms with Crippen LogP contribution in [0.4, 0.5) is 5.69 Å². The predicted octanol–water partition coefficient (Wildman–Crippen LogP) is 4.11. The van der Waals surface area contributed by atoms with Gasteiger partial charge in [-0.15, -0.1) is 0 Å². The van der Waals surface area contributed by atoms with E-state index in [2.05, 4.69) is 34.2 Å². The molecule has 0 fully saturated rings. The van der Waals surface area contributed by atoms with E-state index >= 15 is 0 Å². The van der Waals surface area contributed by atoms with Gasteiger partial charge in [0.05, 0.1) is 6.61 Å². The molecule has 0 aliphatic heterocycles. The van der Waals surface area contributed by atoms with Gasteiger partial charge >= 0.3 is 0 Å². The highest BCUT2D eigenvalue weighted by Crippen LogP contribution is 2.27. The molecular weight excluding hydrogens is 290 g/mol. The van der Waals surface area contributed by atoms with Crippen molar-refractivity contribution in [1.29, 1.82) is 0 Å². The third kappa shape index (κ3) is 2.92. The molecule has 94 valence electrons. The van der Waals surface area contributed by atoms with E-state index in [4.69, 9.17) is 0 Å². The quantitative estimate of drug-likeness (QED) is 0.891. The molecule has 3 heteroatoms. The first kappa shape index (κ1) is 13.1. The van der Waals surface area contributed by atoms with Gasteiger partial charge < -0.3 is 10.4 Å². The van der Waals surface area contributed by atoms with Crippen LogP contribution in [0.5, 0.6) is 0 Å². The highest BCUT2D eigenvalue weighted by Gasteiger charge is 2.10. The van der Waals surface area contributed by atoms with Crippen molar-refractivity contribution >= 4 is 21.6 Å². The number of aliphatic hydroxyl groups is 1. The molecule has 0 bridgehead atoms. The number of rotatable bonds is 4. The van der Waals surface area contributed by atoms with Gasteiger partial charge in [0.25, 0.3) is 0 Å². The fourth-order valence-electron chi connectivity index (χ4n) is 1.94. The average molecular weight is 306 g/mol. The van der Waals surface area contributed by atoms with E-state index in [1.165, 1.54) is 5.56 Å².